The number of hydrogen-bond acceptors (Lipinski definition) is 1. The first-order valence-electron chi connectivity index (χ1n) is 6.00. The summed E-state index contributed by atoms with van der Waals surface area (Å²) >= 11 is 0. The van der Waals surface area contributed by atoms with E-state index < -0.39 is 17.2 Å². The molecule has 0 radical (unpaired) electrons. The minimum atomic E-state index is -4.35. The molecule has 0 unspecified atom stereocenters. The maximum atomic E-state index is 12.6. The second-order valence-corrected chi connectivity index (χ2v) is 4.95. The Bertz CT molecular complexity index is 479. The zero-order valence-corrected chi connectivity index (χ0v) is 10.1. The Hall–Kier alpha value is -1.50. The van der Waals surface area contributed by atoms with E-state index in [-0.39, 0.29) is 0 Å². The summed E-state index contributed by atoms with van der Waals surface area (Å²) < 4.78 is 37.9. The largest absolute Gasteiger partial charge is 0.416 e. The number of rotatable bonds is 2. The predicted octanol–water partition coefficient (Wildman–Crippen LogP) is 4.29. The Morgan fingerprint density at radius 2 is 2.06 bits per heavy atom. The lowest BCUT2D eigenvalue weighted by Gasteiger charge is -2.43. The van der Waals surface area contributed by atoms with Crippen LogP contribution in [-0.2, 0) is 11.6 Å². The monoisotopic (exact) mass is 253 g/mol. The normalized spacial score (nSPS) is 27.4. The molecule has 18 heavy (non-hydrogen) atoms. The molecule has 2 rings (SSSR count). The van der Waals surface area contributed by atoms with Gasteiger partial charge in [-0.3, -0.25) is 0 Å². The summed E-state index contributed by atoms with van der Waals surface area (Å²) in [6.45, 7) is 2.04. The SMILES string of the molecule is CCC1CC(C#N)(c2cccc(C(F)(F)F)c2)C1. The van der Waals surface area contributed by atoms with Crippen molar-refractivity contribution in [2.24, 2.45) is 5.92 Å². The fraction of sp³-hybridized carbons (Fsp3) is 0.500. The molecule has 0 aliphatic heterocycles. The van der Waals surface area contributed by atoms with Gasteiger partial charge >= 0.3 is 6.18 Å². The molecule has 0 aromatic heterocycles. The summed E-state index contributed by atoms with van der Waals surface area (Å²) in [6, 6.07) is 7.39. The van der Waals surface area contributed by atoms with Gasteiger partial charge in [0.25, 0.3) is 0 Å². The van der Waals surface area contributed by atoms with E-state index in [0.29, 0.717) is 24.3 Å². The fourth-order valence-corrected chi connectivity index (χ4v) is 2.60. The molecule has 1 aromatic carbocycles. The van der Waals surface area contributed by atoms with E-state index in [4.69, 9.17) is 0 Å². The Balaban J connectivity index is 2.32. The number of nitrogens with zero attached hydrogens (tertiary/aromatic N) is 1. The van der Waals surface area contributed by atoms with Crippen molar-refractivity contribution in [3.63, 3.8) is 0 Å². The predicted molar refractivity (Wildman–Crippen MR) is 61.8 cm³/mol. The Kier molecular flexibility index (Phi) is 3.10. The summed E-state index contributed by atoms with van der Waals surface area (Å²) in [5.74, 6) is 0.458. The molecule has 0 spiro atoms. The van der Waals surface area contributed by atoms with Crippen molar-refractivity contribution >= 4 is 0 Å². The van der Waals surface area contributed by atoms with Crippen LogP contribution in [0, 0.1) is 17.2 Å². The van der Waals surface area contributed by atoms with E-state index in [0.717, 1.165) is 18.6 Å². The highest BCUT2D eigenvalue weighted by Crippen LogP contribution is 2.49. The molecule has 0 N–H and O–H groups in total. The third-order valence-corrected chi connectivity index (χ3v) is 3.81. The molecule has 0 heterocycles. The van der Waals surface area contributed by atoms with E-state index in [1.165, 1.54) is 6.07 Å². The van der Waals surface area contributed by atoms with E-state index in [2.05, 4.69) is 6.07 Å². The van der Waals surface area contributed by atoms with Gasteiger partial charge in [0.05, 0.1) is 17.0 Å². The molecule has 1 nitrogen and oxygen atoms in total. The van der Waals surface area contributed by atoms with Crippen LogP contribution < -0.4 is 0 Å². The zero-order valence-electron chi connectivity index (χ0n) is 10.1. The maximum Gasteiger partial charge on any atom is 0.416 e. The molecule has 0 saturated heterocycles. The quantitative estimate of drug-likeness (QED) is 0.771. The molecule has 0 atom stereocenters. The van der Waals surface area contributed by atoms with Crippen LogP contribution in [0.2, 0.25) is 0 Å². The van der Waals surface area contributed by atoms with Gasteiger partial charge in [0, 0.05) is 0 Å². The van der Waals surface area contributed by atoms with Crippen LogP contribution in [0.15, 0.2) is 24.3 Å². The maximum absolute atomic E-state index is 12.6. The Morgan fingerprint density at radius 3 is 2.56 bits per heavy atom. The van der Waals surface area contributed by atoms with Gasteiger partial charge < -0.3 is 0 Å². The lowest BCUT2D eigenvalue weighted by molar-refractivity contribution is -0.137. The van der Waals surface area contributed by atoms with Crippen molar-refractivity contribution in [1.82, 2.24) is 0 Å². The first-order valence-corrected chi connectivity index (χ1v) is 6.00. The van der Waals surface area contributed by atoms with Crippen LogP contribution in [0.5, 0.6) is 0 Å². The van der Waals surface area contributed by atoms with Crippen molar-refractivity contribution in [1.29, 1.82) is 5.26 Å². The van der Waals surface area contributed by atoms with Crippen LogP contribution in [0.4, 0.5) is 13.2 Å². The third kappa shape index (κ3) is 2.10. The highest BCUT2D eigenvalue weighted by Gasteiger charge is 2.45. The summed E-state index contributed by atoms with van der Waals surface area (Å²) in [5.41, 5.74) is -0.874. The Morgan fingerprint density at radius 1 is 1.39 bits per heavy atom. The van der Waals surface area contributed by atoms with Crippen molar-refractivity contribution in [3.8, 4) is 6.07 Å². The van der Waals surface area contributed by atoms with E-state index in [9.17, 15) is 18.4 Å². The number of nitriles is 1. The lowest BCUT2D eigenvalue weighted by Crippen LogP contribution is -2.39. The first-order chi connectivity index (χ1) is 8.41. The smallest absolute Gasteiger partial charge is 0.197 e. The zero-order chi connectivity index (χ0) is 13.4. The van der Waals surface area contributed by atoms with Gasteiger partial charge in [-0.2, -0.15) is 18.4 Å². The van der Waals surface area contributed by atoms with Gasteiger partial charge in [0.1, 0.15) is 0 Å². The molecular formula is C14H14F3N. The molecule has 0 bridgehead atoms. The summed E-state index contributed by atoms with van der Waals surface area (Å²) in [4.78, 5) is 0. The molecular weight excluding hydrogens is 239 g/mol. The van der Waals surface area contributed by atoms with E-state index in [1.54, 1.807) is 6.07 Å². The minimum Gasteiger partial charge on any atom is -0.197 e. The second kappa shape index (κ2) is 4.31. The molecule has 1 aliphatic carbocycles. The van der Waals surface area contributed by atoms with Crippen LogP contribution >= 0.6 is 0 Å². The second-order valence-electron chi connectivity index (χ2n) is 4.95. The average Bonchev–Trinajstić information content (AvgIpc) is 2.28. The van der Waals surface area contributed by atoms with Crippen molar-refractivity contribution < 1.29 is 13.2 Å². The topological polar surface area (TPSA) is 23.8 Å². The van der Waals surface area contributed by atoms with E-state index in [1.807, 2.05) is 6.92 Å². The van der Waals surface area contributed by atoms with Gasteiger partial charge in [-0.05, 0) is 30.4 Å². The lowest BCUT2D eigenvalue weighted by atomic mass is 9.58. The van der Waals surface area contributed by atoms with Crippen LogP contribution in [0.25, 0.3) is 0 Å². The summed E-state index contributed by atoms with van der Waals surface area (Å²) in [7, 11) is 0. The highest BCUT2D eigenvalue weighted by molar-refractivity contribution is 5.39. The molecule has 0 amide bonds. The third-order valence-electron chi connectivity index (χ3n) is 3.81. The summed E-state index contributed by atoms with van der Waals surface area (Å²) in [5, 5.41) is 9.27. The van der Waals surface area contributed by atoms with Gasteiger partial charge in [0.2, 0.25) is 0 Å². The van der Waals surface area contributed by atoms with Crippen molar-refractivity contribution in [3.05, 3.63) is 35.4 Å². The van der Waals surface area contributed by atoms with E-state index >= 15 is 0 Å². The summed E-state index contributed by atoms with van der Waals surface area (Å²) in [6.07, 6.45) is -2.04. The molecule has 1 fully saturated rings. The Labute approximate surface area is 104 Å². The average molecular weight is 253 g/mol. The number of benzene rings is 1. The van der Waals surface area contributed by atoms with Gasteiger partial charge in [0.15, 0.2) is 0 Å². The molecule has 4 heteroatoms. The van der Waals surface area contributed by atoms with Crippen molar-refractivity contribution in [2.75, 3.05) is 0 Å². The van der Waals surface area contributed by atoms with Crippen molar-refractivity contribution in [2.45, 2.75) is 37.8 Å². The number of alkyl halides is 3. The van der Waals surface area contributed by atoms with Gasteiger partial charge in [-0.25, -0.2) is 0 Å². The van der Waals surface area contributed by atoms with Gasteiger partial charge in [-0.1, -0.05) is 31.5 Å². The van der Waals surface area contributed by atoms with Crippen LogP contribution in [-0.4, -0.2) is 0 Å². The van der Waals surface area contributed by atoms with Crippen LogP contribution in [0.1, 0.15) is 37.3 Å². The molecule has 1 saturated carbocycles. The fourth-order valence-electron chi connectivity index (χ4n) is 2.60. The highest BCUT2D eigenvalue weighted by atomic mass is 19.4. The number of halogens is 3. The molecule has 1 aromatic rings. The molecule has 1 aliphatic rings. The molecule has 96 valence electrons. The van der Waals surface area contributed by atoms with Crippen LogP contribution in [0.3, 0.4) is 0 Å². The first kappa shape index (κ1) is 12.9. The number of hydrogen-bond donors (Lipinski definition) is 0. The standard InChI is InChI=1S/C14H14F3N/c1-2-10-7-13(8-10,9-18)11-4-3-5-12(6-11)14(15,16)17/h3-6,10H,2,7-8H2,1H3. The minimum absolute atomic E-state index is 0.458. The van der Waals surface area contributed by atoms with Gasteiger partial charge in [-0.15, -0.1) is 0 Å².